The molecule has 0 bridgehead atoms. The molecule has 2 aliphatic rings. The number of aromatic nitrogens is 3. The molecule has 27 heavy (non-hydrogen) atoms. The summed E-state index contributed by atoms with van der Waals surface area (Å²) in [5.41, 5.74) is 0.224. The first kappa shape index (κ1) is 20.1. The predicted molar refractivity (Wildman–Crippen MR) is 107 cm³/mol. The van der Waals surface area contributed by atoms with E-state index >= 15 is 0 Å². The second-order valence-electron chi connectivity index (χ2n) is 7.47. The molecule has 1 aromatic rings. The smallest absolute Gasteiger partial charge is 0.191 e. The van der Waals surface area contributed by atoms with Crippen LogP contribution in [0.25, 0.3) is 0 Å². The Labute approximate surface area is 162 Å². The summed E-state index contributed by atoms with van der Waals surface area (Å²) in [6.07, 6.45) is 8.25. The summed E-state index contributed by atoms with van der Waals surface area (Å²) < 4.78 is 7.62. The predicted octanol–water partition coefficient (Wildman–Crippen LogP) is 1.39. The zero-order chi connectivity index (χ0) is 19.0. The molecule has 0 spiro atoms. The average Bonchev–Trinajstić information content (AvgIpc) is 3.19. The largest absolute Gasteiger partial charge is 0.379 e. The van der Waals surface area contributed by atoms with Gasteiger partial charge in [-0.15, -0.1) is 10.2 Å². The molecule has 8 heteroatoms. The number of hydrogen-bond donors (Lipinski definition) is 2. The van der Waals surface area contributed by atoms with Crippen molar-refractivity contribution in [2.24, 2.45) is 4.99 Å². The van der Waals surface area contributed by atoms with E-state index in [-0.39, 0.29) is 5.54 Å². The monoisotopic (exact) mass is 377 g/mol. The Morgan fingerprint density at radius 1 is 1.19 bits per heavy atom. The number of guanidine groups is 1. The van der Waals surface area contributed by atoms with E-state index in [1.165, 1.54) is 32.1 Å². The number of nitrogens with one attached hydrogen (secondary N) is 2. The van der Waals surface area contributed by atoms with Crippen LogP contribution < -0.4 is 10.6 Å². The van der Waals surface area contributed by atoms with Gasteiger partial charge < -0.3 is 19.9 Å². The number of morpholine rings is 1. The van der Waals surface area contributed by atoms with E-state index in [0.717, 1.165) is 57.7 Å². The molecule has 0 atom stereocenters. The van der Waals surface area contributed by atoms with Crippen molar-refractivity contribution < 1.29 is 4.74 Å². The molecule has 1 aromatic heterocycles. The Bertz CT molecular complexity index is 589. The molecule has 1 aliphatic carbocycles. The number of aryl methyl sites for hydroxylation is 1. The zero-order valence-electron chi connectivity index (χ0n) is 16.9. The summed E-state index contributed by atoms with van der Waals surface area (Å²) in [5, 5.41) is 15.2. The molecule has 8 nitrogen and oxygen atoms in total. The van der Waals surface area contributed by atoms with Gasteiger partial charge in [-0.25, -0.2) is 4.99 Å². The van der Waals surface area contributed by atoms with Crippen molar-refractivity contribution in [2.45, 2.75) is 64.6 Å². The van der Waals surface area contributed by atoms with Crippen molar-refractivity contribution >= 4 is 5.96 Å². The van der Waals surface area contributed by atoms with Crippen LogP contribution in [0.15, 0.2) is 11.3 Å². The van der Waals surface area contributed by atoms with Crippen LogP contribution in [0.2, 0.25) is 0 Å². The Morgan fingerprint density at radius 3 is 2.67 bits per heavy atom. The Morgan fingerprint density at radius 2 is 1.96 bits per heavy atom. The summed E-state index contributed by atoms with van der Waals surface area (Å²) in [4.78, 5) is 7.41. The van der Waals surface area contributed by atoms with Crippen LogP contribution in [0.5, 0.6) is 0 Å². The summed E-state index contributed by atoms with van der Waals surface area (Å²) >= 11 is 0. The molecule has 1 aliphatic heterocycles. The molecule has 152 valence electrons. The van der Waals surface area contributed by atoms with Crippen LogP contribution in [-0.2, 0) is 17.8 Å². The van der Waals surface area contributed by atoms with Gasteiger partial charge in [-0.3, -0.25) is 4.90 Å². The van der Waals surface area contributed by atoms with Crippen molar-refractivity contribution in [1.82, 2.24) is 30.3 Å². The summed E-state index contributed by atoms with van der Waals surface area (Å²) in [5.74, 6) is 1.76. The molecule has 0 amide bonds. The number of nitrogens with zero attached hydrogens (tertiary/aromatic N) is 5. The molecular formula is C19H35N7O. The van der Waals surface area contributed by atoms with Crippen LogP contribution >= 0.6 is 0 Å². The Hall–Kier alpha value is -1.67. The molecule has 0 radical (unpaired) electrons. The quantitative estimate of drug-likeness (QED) is 0.552. The standard InChI is InChI=1S/C19H35N7O/c1-3-20-18(21-14-17-24-23-16-25(17)4-2)22-15-19(8-6-5-7-9-19)26-10-12-27-13-11-26/h16H,3-15H2,1-2H3,(H2,20,21,22). The molecule has 0 unspecified atom stereocenters. The SMILES string of the molecule is CCNC(=NCc1nncn1CC)NCC1(N2CCOCC2)CCCCC1. The fraction of sp³-hybridized carbons (Fsp3) is 0.842. The lowest BCUT2D eigenvalue weighted by molar-refractivity contribution is -0.0352. The van der Waals surface area contributed by atoms with E-state index in [2.05, 4.69) is 39.6 Å². The second-order valence-corrected chi connectivity index (χ2v) is 7.47. The third-order valence-electron chi connectivity index (χ3n) is 5.81. The minimum Gasteiger partial charge on any atom is -0.379 e. The summed E-state index contributed by atoms with van der Waals surface area (Å²) in [6, 6.07) is 0. The van der Waals surface area contributed by atoms with E-state index in [4.69, 9.17) is 9.73 Å². The lowest BCUT2D eigenvalue weighted by Crippen LogP contribution is -2.60. The van der Waals surface area contributed by atoms with Gasteiger partial charge >= 0.3 is 0 Å². The Kier molecular flexibility index (Phi) is 7.46. The van der Waals surface area contributed by atoms with E-state index in [1.54, 1.807) is 6.33 Å². The topological polar surface area (TPSA) is 79.6 Å². The van der Waals surface area contributed by atoms with Gasteiger partial charge in [-0.2, -0.15) is 0 Å². The fourth-order valence-corrected chi connectivity index (χ4v) is 4.26. The normalized spacial score (nSPS) is 21.2. The molecule has 1 saturated carbocycles. The van der Waals surface area contributed by atoms with Gasteiger partial charge in [-0.1, -0.05) is 19.3 Å². The molecule has 2 heterocycles. The first-order chi connectivity index (χ1) is 13.3. The molecule has 2 N–H and O–H groups in total. The van der Waals surface area contributed by atoms with Crippen LogP contribution in [-0.4, -0.2) is 70.6 Å². The molecule has 1 saturated heterocycles. The van der Waals surface area contributed by atoms with Crippen molar-refractivity contribution in [1.29, 1.82) is 0 Å². The minimum absolute atomic E-state index is 0.224. The van der Waals surface area contributed by atoms with E-state index in [0.29, 0.717) is 6.54 Å². The molecular weight excluding hydrogens is 342 g/mol. The summed E-state index contributed by atoms with van der Waals surface area (Å²) in [6.45, 7) is 11.1. The first-order valence-electron chi connectivity index (χ1n) is 10.5. The van der Waals surface area contributed by atoms with Gasteiger partial charge in [-0.05, 0) is 26.7 Å². The maximum atomic E-state index is 5.59. The van der Waals surface area contributed by atoms with E-state index in [1.807, 2.05) is 4.57 Å². The van der Waals surface area contributed by atoms with Gasteiger partial charge in [0.1, 0.15) is 12.9 Å². The summed E-state index contributed by atoms with van der Waals surface area (Å²) in [7, 11) is 0. The van der Waals surface area contributed by atoms with Gasteiger partial charge in [0.25, 0.3) is 0 Å². The minimum atomic E-state index is 0.224. The van der Waals surface area contributed by atoms with Crippen molar-refractivity contribution in [3.63, 3.8) is 0 Å². The number of rotatable bonds is 7. The molecule has 3 rings (SSSR count). The van der Waals surface area contributed by atoms with Crippen LogP contribution in [0.4, 0.5) is 0 Å². The molecule has 2 fully saturated rings. The highest BCUT2D eigenvalue weighted by Gasteiger charge is 2.38. The van der Waals surface area contributed by atoms with Crippen molar-refractivity contribution in [3.05, 3.63) is 12.2 Å². The third kappa shape index (κ3) is 5.19. The fourth-order valence-electron chi connectivity index (χ4n) is 4.26. The maximum Gasteiger partial charge on any atom is 0.191 e. The van der Waals surface area contributed by atoms with Gasteiger partial charge in [0.05, 0.1) is 13.2 Å². The lowest BCUT2D eigenvalue weighted by atomic mass is 9.80. The van der Waals surface area contributed by atoms with E-state index in [9.17, 15) is 0 Å². The van der Waals surface area contributed by atoms with E-state index < -0.39 is 0 Å². The van der Waals surface area contributed by atoms with Gasteiger partial charge in [0.15, 0.2) is 11.8 Å². The van der Waals surface area contributed by atoms with Crippen molar-refractivity contribution in [2.75, 3.05) is 39.4 Å². The number of ether oxygens (including phenoxy) is 1. The first-order valence-corrected chi connectivity index (χ1v) is 10.5. The maximum absolute atomic E-state index is 5.59. The second kappa shape index (κ2) is 10.0. The average molecular weight is 378 g/mol. The highest BCUT2D eigenvalue weighted by Crippen LogP contribution is 2.33. The highest BCUT2D eigenvalue weighted by atomic mass is 16.5. The zero-order valence-corrected chi connectivity index (χ0v) is 16.9. The Balaban J connectivity index is 1.65. The van der Waals surface area contributed by atoms with Gasteiger partial charge in [0.2, 0.25) is 0 Å². The number of hydrogen-bond acceptors (Lipinski definition) is 5. The van der Waals surface area contributed by atoms with Gasteiger partial charge in [0, 0.05) is 38.3 Å². The molecule has 0 aromatic carbocycles. The van der Waals surface area contributed by atoms with Crippen LogP contribution in [0.1, 0.15) is 51.8 Å². The number of aliphatic imine (C=N–C) groups is 1. The third-order valence-corrected chi connectivity index (χ3v) is 5.81. The van der Waals surface area contributed by atoms with Crippen LogP contribution in [0.3, 0.4) is 0 Å². The lowest BCUT2D eigenvalue weighted by Gasteiger charge is -2.48. The van der Waals surface area contributed by atoms with Crippen LogP contribution in [0, 0.1) is 0 Å². The highest BCUT2D eigenvalue weighted by molar-refractivity contribution is 5.79. The van der Waals surface area contributed by atoms with Crippen molar-refractivity contribution in [3.8, 4) is 0 Å².